The van der Waals surface area contributed by atoms with Gasteiger partial charge in [0.1, 0.15) is 11.4 Å². The number of halogens is 3. The van der Waals surface area contributed by atoms with Gasteiger partial charge in [0, 0.05) is 5.69 Å². The van der Waals surface area contributed by atoms with E-state index in [9.17, 15) is 17.7 Å². The van der Waals surface area contributed by atoms with Crippen molar-refractivity contribution < 1.29 is 17.7 Å². The van der Waals surface area contributed by atoms with E-state index in [-0.39, 0.29) is 17.1 Å². The summed E-state index contributed by atoms with van der Waals surface area (Å²) in [6, 6.07) is 2.04. The van der Waals surface area contributed by atoms with Crippen LogP contribution in [0.5, 0.6) is 0 Å². The summed E-state index contributed by atoms with van der Waals surface area (Å²) in [5.41, 5.74) is 4.30. The van der Waals surface area contributed by atoms with Crippen LogP contribution in [0.25, 0.3) is 0 Å². The molecule has 0 amide bonds. The fraction of sp³-hybridized carbons (Fsp3) is 0.375. The molecule has 7 heteroatoms. The van der Waals surface area contributed by atoms with Crippen molar-refractivity contribution in [3.63, 3.8) is 0 Å². The molecule has 1 aromatic rings. The molecule has 0 saturated carbocycles. The van der Waals surface area contributed by atoms with Gasteiger partial charge in [-0.25, -0.2) is 4.98 Å². The van der Waals surface area contributed by atoms with Crippen LogP contribution in [0.3, 0.4) is 0 Å². The third-order valence-corrected chi connectivity index (χ3v) is 2.24. The van der Waals surface area contributed by atoms with Crippen LogP contribution in [0.1, 0.15) is 11.4 Å². The minimum Gasteiger partial charge on any atom is -0.616 e. The average molecular weight is 238 g/mol. The largest absolute Gasteiger partial charge is 0.616 e. The van der Waals surface area contributed by atoms with Gasteiger partial charge in [-0.05, 0) is 12.1 Å². The van der Waals surface area contributed by atoms with Crippen molar-refractivity contribution in [2.45, 2.75) is 11.9 Å². The molecule has 0 aliphatic carbocycles. The molecular weight excluding hydrogens is 229 g/mol. The van der Waals surface area contributed by atoms with Gasteiger partial charge in [-0.2, -0.15) is 13.2 Å². The lowest BCUT2D eigenvalue weighted by Crippen LogP contribution is -2.12. The summed E-state index contributed by atoms with van der Waals surface area (Å²) in [5, 5.41) is 0. The molecule has 15 heavy (non-hydrogen) atoms. The van der Waals surface area contributed by atoms with Gasteiger partial charge in [0.15, 0.2) is 0 Å². The van der Waals surface area contributed by atoms with Gasteiger partial charge in [-0.15, -0.1) is 0 Å². The minimum absolute atomic E-state index is 0.0298. The first-order chi connectivity index (χ1) is 6.79. The molecule has 3 nitrogen and oxygen atoms in total. The van der Waals surface area contributed by atoms with E-state index in [1.54, 1.807) is 0 Å². The van der Waals surface area contributed by atoms with Crippen molar-refractivity contribution in [3.05, 3.63) is 23.5 Å². The predicted octanol–water partition coefficient (Wildman–Crippen LogP) is 1.56. The van der Waals surface area contributed by atoms with E-state index in [1.807, 2.05) is 0 Å². The number of hydrogen-bond acceptors (Lipinski definition) is 3. The van der Waals surface area contributed by atoms with E-state index in [0.29, 0.717) is 0 Å². The molecule has 0 bridgehead atoms. The van der Waals surface area contributed by atoms with Crippen LogP contribution in [0.4, 0.5) is 18.9 Å². The Morgan fingerprint density at radius 1 is 1.47 bits per heavy atom. The summed E-state index contributed by atoms with van der Waals surface area (Å²) in [7, 11) is 0. The van der Waals surface area contributed by atoms with Crippen molar-refractivity contribution in [1.82, 2.24) is 4.98 Å². The molecular formula is C8H9F3N2OS. The molecule has 0 saturated heterocycles. The van der Waals surface area contributed by atoms with Gasteiger partial charge in [0.25, 0.3) is 0 Å². The van der Waals surface area contributed by atoms with E-state index in [1.165, 1.54) is 12.3 Å². The van der Waals surface area contributed by atoms with Gasteiger partial charge in [0.2, 0.25) is 0 Å². The number of alkyl halides is 3. The maximum Gasteiger partial charge on any atom is 0.433 e. The van der Waals surface area contributed by atoms with E-state index in [4.69, 9.17) is 5.73 Å². The lowest BCUT2D eigenvalue weighted by atomic mass is 10.2. The zero-order chi connectivity index (χ0) is 11.6. The maximum absolute atomic E-state index is 12.3. The zero-order valence-corrected chi connectivity index (χ0v) is 8.65. The fourth-order valence-corrected chi connectivity index (χ4v) is 1.60. The second kappa shape index (κ2) is 4.28. The molecule has 1 rings (SSSR count). The minimum atomic E-state index is -4.53. The molecule has 0 radical (unpaired) electrons. The van der Waals surface area contributed by atoms with E-state index in [2.05, 4.69) is 4.98 Å². The number of nitrogens with two attached hydrogens (primary N) is 1. The smallest absolute Gasteiger partial charge is 0.433 e. The number of hydrogen-bond donors (Lipinski definition) is 1. The lowest BCUT2D eigenvalue weighted by molar-refractivity contribution is -0.141. The molecule has 0 fully saturated rings. The molecule has 84 valence electrons. The number of rotatable bonds is 2. The Balaban J connectivity index is 3.06. The van der Waals surface area contributed by atoms with Crippen LogP contribution < -0.4 is 5.73 Å². The molecule has 0 aliphatic heterocycles. The summed E-state index contributed by atoms with van der Waals surface area (Å²) in [6.07, 6.45) is -3.14. The third kappa shape index (κ3) is 3.60. The first kappa shape index (κ1) is 12.1. The van der Waals surface area contributed by atoms with E-state index in [0.717, 1.165) is 6.07 Å². The Labute approximate surface area is 87.7 Å². The second-order valence-corrected chi connectivity index (χ2v) is 4.43. The molecule has 1 aromatic heterocycles. The molecule has 0 aliphatic rings. The van der Waals surface area contributed by atoms with Crippen LogP contribution in [-0.4, -0.2) is 15.8 Å². The lowest BCUT2D eigenvalue weighted by Gasteiger charge is -2.09. The standard InChI is InChI=1S/C8H9F3N2OS/c1-15(14)4-6-2-5(12)3-7(13-6)8(9,10)11/h2-3H,4H2,1H3,(H2,12,13). The third-order valence-electron chi connectivity index (χ3n) is 1.54. The van der Waals surface area contributed by atoms with Gasteiger partial charge in [0.05, 0.1) is 11.9 Å². The zero-order valence-electron chi connectivity index (χ0n) is 7.84. The number of aromatic nitrogens is 1. The van der Waals surface area contributed by atoms with Crippen molar-refractivity contribution >= 4 is 16.9 Å². The van der Waals surface area contributed by atoms with Crippen LogP contribution in [0.15, 0.2) is 12.1 Å². The van der Waals surface area contributed by atoms with E-state index < -0.39 is 23.0 Å². The van der Waals surface area contributed by atoms with E-state index >= 15 is 0 Å². The molecule has 1 unspecified atom stereocenters. The molecule has 2 N–H and O–H groups in total. The van der Waals surface area contributed by atoms with Gasteiger partial charge in [-0.1, -0.05) is 11.2 Å². The van der Waals surface area contributed by atoms with Crippen LogP contribution in [0.2, 0.25) is 0 Å². The highest BCUT2D eigenvalue weighted by Crippen LogP contribution is 2.29. The fourth-order valence-electron chi connectivity index (χ4n) is 1.04. The SMILES string of the molecule is C[S+]([O-])Cc1cc(N)cc(C(F)(F)F)n1. The van der Waals surface area contributed by atoms with Gasteiger partial charge in [-0.3, -0.25) is 0 Å². The Morgan fingerprint density at radius 3 is 2.53 bits per heavy atom. The Bertz CT molecular complexity index is 354. The average Bonchev–Trinajstić information content (AvgIpc) is 1.99. The first-order valence-corrected chi connectivity index (χ1v) is 5.65. The number of nitrogens with zero attached hydrogens (tertiary/aromatic N) is 1. The quantitative estimate of drug-likeness (QED) is 0.795. The number of nitrogen functional groups attached to an aromatic ring is 1. The van der Waals surface area contributed by atoms with Crippen molar-refractivity contribution in [2.24, 2.45) is 0 Å². The summed E-state index contributed by atoms with van der Waals surface area (Å²) in [5.74, 6) is -0.0336. The monoisotopic (exact) mass is 238 g/mol. The van der Waals surface area contributed by atoms with Gasteiger partial charge >= 0.3 is 6.18 Å². The topological polar surface area (TPSA) is 62.0 Å². The Kier molecular flexibility index (Phi) is 3.46. The van der Waals surface area contributed by atoms with Crippen molar-refractivity contribution in [3.8, 4) is 0 Å². The normalized spacial score (nSPS) is 13.9. The predicted molar refractivity (Wildman–Crippen MR) is 51.4 cm³/mol. The first-order valence-electron chi connectivity index (χ1n) is 3.92. The van der Waals surface area contributed by atoms with Crippen LogP contribution >= 0.6 is 0 Å². The summed E-state index contributed by atoms with van der Waals surface area (Å²) in [6.45, 7) is 0. The molecule has 1 heterocycles. The summed E-state index contributed by atoms with van der Waals surface area (Å²) in [4.78, 5) is 3.35. The Hall–Kier alpha value is -0.950. The Morgan fingerprint density at radius 2 is 2.07 bits per heavy atom. The number of anilines is 1. The number of pyridine rings is 1. The van der Waals surface area contributed by atoms with Gasteiger partial charge < -0.3 is 10.3 Å². The van der Waals surface area contributed by atoms with Crippen molar-refractivity contribution in [2.75, 3.05) is 12.0 Å². The van der Waals surface area contributed by atoms with Crippen LogP contribution in [-0.2, 0) is 23.1 Å². The van der Waals surface area contributed by atoms with Crippen LogP contribution in [0, 0.1) is 0 Å². The summed E-state index contributed by atoms with van der Waals surface area (Å²) >= 11 is -1.25. The highest BCUT2D eigenvalue weighted by molar-refractivity contribution is 7.89. The molecule has 0 spiro atoms. The molecule has 1 atom stereocenters. The second-order valence-electron chi connectivity index (χ2n) is 2.99. The van der Waals surface area contributed by atoms with Crippen molar-refractivity contribution in [1.29, 1.82) is 0 Å². The summed E-state index contributed by atoms with van der Waals surface area (Å²) < 4.78 is 47.7. The highest BCUT2D eigenvalue weighted by Gasteiger charge is 2.33. The maximum atomic E-state index is 12.3. The molecule has 0 aromatic carbocycles. The highest BCUT2D eigenvalue weighted by atomic mass is 32.2.